The van der Waals surface area contributed by atoms with Crippen molar-refractivity contribution in [1.82, 2.24) is 0 Å². The number of hydrogen-bond donors (Lipinski definition) is 0. The lowest BCUT2D eigenvalue weighted by molar-refractivity contribution is 0.475. The Morgan fingerprint density at radius 1 is 1.67 bits per heavy atom. The Kier molecular flexibility index (Phi) is 6.05. The lowest BCUT2D eigenvalue weighted by Crippen LogP contribution is -1.93. The highest BCUT2D eigenvalue weighted by atomic mass is 31.2. The van der Waals surface area contributed by atoms with E-state index in [0.717, 1.165) is 20.6 Å². The molecule has 3 heteroatoms. The van der Waals surface area contributed by atoms with Crippen molar-refractivity contribution in [2.75, 3.05) is 18.7 Å². The van der Waals surface area contributed by atoms with Crippen molar-refractivity contribution >= 4 is 16.5 Å². The van der Waals surface area contributed by atoms with Gasteiger partial charge in [0.15, 0.2) is 0 Å². The summed E-state index contributed by atoms with van der Waals surface area (Å²) >= 11 is 0. The molecule has 0 aliphatic carbocycles. The van der Waals surface area contributed by atoms with Crippen molar-refractivity contribution in [1.29, 1.82) is 0 Å². The van der Waals surface area contributed by atoms with Gasteiger partial charge in [0.05, 0.1) is 0 Å². The summed E-state index contributed by atoms with van der Waals surface area (Å²) in [4.78, 5) is 0. The van der Waals surface area contributed by atoms with E-state index in [9.17, 15) is 4.39 Å². The van der Waals surface area contributed by atoms with Crippen LogP contribution in [-0.4, -0.2) is 24.6 Å². The molecule has 0 aliphatic rings. The molecular weight excluding hydrogens is 153 g/mol. The molecule has 0 saturated heterocycles. The molecule has 0 bridgehead atoms. The zero-order valence-electron chi connectivity index (χ0n) is 6.32. The van der Waals surface area contributed by atoms with Crippen LogP contribution in [0.25, 0.3) is 0 Å². The molecule has 0 aliphatic heterocycles. The summed E-state index contributed by atoms with van der Waals surface area (Å²) < 4.78 is 12.6. The molecule has 0 aromatic heterocycles. The van der Waals surface area contributed by atoms with E-state index < -0.39 is 5.91 Å². The summed E-state index contributed by atoms with van der Waals surface area (Å²) in [6.07, 6.45) is 1.05. The summed E-state index contributed by atoms with van der Waals surface area (Å²) in [5, 5.41) is 0. The van der Waals surface area contributed by atoms with E-state index in [1.165, 1.54) is 0 Å². The molecule has 0 fully saturated rings. The largest absolute Gasteiger partial charge is 0.243 e. The van der Waals surface area contributed by atoms with Crippen LogP contribution in [0.5, 0.6) is 0 Å². The molecular formula is C6H15FP2. The Labute approximate surface area is 60.1 Å². The van der Waals surface area contributed by atoms with Crippen LogP contribution in [0.1, 0.15) is 13.8 Å². The van der Waals surface area contributed by atoms with Crippen LogP contribution in [0.3, 0.4) is 0 Å². The van der Waals surface area contributed by atoms with Crippen molar-refractivity contribution in [3.8, 4) is 0 Å². The van der Waals surface area contributed by atoms with Gasteiger partial charge in [-0.2, -0.15) is 0 Å². The number of hydrogen-bond acceptors (Lipinski definition) is 0. The summed E-state index contributed by atoms with van der Waals surface area (Å²) in [6.45, 7) is 5.92. The van der Waals surface area contributed by atoms with Crippen molar-refractivity contribution in [3.63, 3.8) is 0 Å². The van der Waals surface area contributed by atoms with Gasteiger partial charge in [-0.3, -0.25) is 0 Å². The van der Waals surface area contributed by atoms with Crippen LogP contribution < -0.4 is 0 Å². The highest BCUT2D eigenvalue weighted by Crippen LogP contribution is 2.45. The quantitative estimate of drug-likeness (QED) is 0.566. The van der Waals surface area contributed by atoms with Crippen molar-refractivity contribution < 1.29 is 4.39 Å². The van der Waals surface area contributed by atoms with Gasteiger partial charge >= 0.3 is 0 Å². The van der Waals surface area contributed by atoms with Crippen molar-refractivity contribution in [2.45, 2.75) is 19.8 Å². The molecule has 9 heavy (non-hydrogen) atoms. The SMILES string of the molecule is CCP(CPC)C(C)F. The summed E-state index contributed by atoms with van der Waals surface area (Å²) in [7, 11) is 0.655. The second-order valence-electron chi connectivity index (χ2n) is 1.99. The van der Waals surface area contributed by atoms with Crippen molar-refractivity contribution in [3.05, 3.63) is 0 Å². The predicted molar refractivity (Wildman–Crippen MR) is 47.1 cm³/mol. The zero-order chi connectivity index (χ0) is 7.28. The molecule has 0 heterocycles. The molecule has 0 spiro atoms. The Balaban J connectivity index is 3.41. The summed E-state index contributed by atoms with van der Waals surface area (Å²) in [5.74, 6) is 0.584. The van der Waals surface area contributed by atoms with Crippen molar-refractivity contribution in [2.24, 2.45) is 0 Å². The van der Waals surface area contributed by atoms with E-state index >= 15 is 0 Å². The standard InChI is InChI=1S/C6H15FP2/c1-4-9(5-8-3)6(2)7/h6,8H,4-5H2,1-3H3. The fraction of sp³-hybridized carbons (Fsp3) is 1.00. The van der Waals surface area contributed by atoms with E-state index in [0.29, 0.717) is 0 Å². The minimum Gasteiger partial charge on any atom is -0.243 e. The molecule has 0 saturated carbocycles. The first-order valence-electron chi connectivity index (χ1n) is 3.25. The molecule has 0 nitrogen and oxygen atoms in total. The predicted octanol–water partition coefficient (Wildman–Crippen LogP) is 3.07. The van der Waals surface area contributed by atoms with Crippen LogP contribution in [0, 0.1) is 0 Å². The Morgan fingerprint density at radius 2 is 2.22 bits per heavy atom. The highest BCUT2D eigenvalue weighted by Gasteiger charge is 2.10. The fourth-order valence-corrected chi connectivity index (χ4v) is 4.72. The van der Waals surface area contributed by atoms with E-state index in [4.69, 9.17) is 0 Å². The second-order valence-corrected chi connectivity index (χ2v) is 6.48. The van der Waals surface area contributed by atoms with Gasteiger partial charge in [-0.15, -0.1) is 8.58 Å². The van der Waals surface area contributed by atoms with Crippen LogP contribution in [0.15, 0.2) is 0 Å². The van der Waals surface area contributed by atoms with Crippen LogP contribution in [0.2, 0.25) is 0 Å². The maximum atomic E-state index is 12.6. The monoisotopic (exact) mass is 168 g/mol. The third-order valence-electron chi connectivity index (χ3n) is 1.27. The summed E-state index contributed by atoms with van der Waals surface area (Å²) in [6, 6.07) is 0. The van der Waals surface area contributed by atoms with Gasteiger partial charge in [0.2, 0.25) is 0 Å². The average molecular weight is 168 g/mol. The van der Waals surface area contributed by atoms with Crippen LogP contribution in [-0.2, 0) is 0 Å². The minimum atomic E-state index is -0.544. The molecule has 3 atom stereocenters. The third kappa shape index (κ3) is 4.23. The Hall–Kier alpha value is 0.790. The van der Waals surface area contributed by atoms with E-state index in [1.807, 2.05) is 0 Å². The maximum absolute atomic E-state index is 12.6. The normalized spacial score (nSPS) is 18.7. The molecule has 3 unspecified atom stereocenters. The second kappa shape index (κ2) is 5.57. The minimum absolute atomic E-state index is 0.272. The first-order chi connectivity index (χ1) is 4.22. The molecule has 0 amide bonds. The number of alkyl halides is 1. The van der Waals surface area contributed by atoms with Gasteiger partial charge in [0, 0.05) is 0 Å². The smallest absolute Gasteiger partial charge is 0.116 e. The maximum Gasteiger partial charge on any atom is 0.116 e. The van der Waals surface area contributed by atoms with Gasteiger partial charge in [0.1, 0.15) is 5.91 Å². The molecule has 0 N–H and O–H groups in total. The van der Waals surface area contributed by atoms with E-state index in [-0.39, 0.29) is 7.92 Å². The van der Waals surface area contributed by atoms with Gasteiger partial charge in [-0.25, -0.2) is 4.39 Å². The first kappa shape index (κ1) is 9.79. The average Bonchev–Trinajstić information content (AvgIpc) is 1.82. The molecule has 0 radical (unpaired) electrons. The fourth-order valence-electron chi connectivity index (χ4n) is 0.692. The van der Waals surface area contributed by atoms with Gasteiger partial charge < -0.3 is 0 Å². The zero-order valence-corrected chi connectivity index (χ0v) is 8.21. The van der Waals surface area contributed by atoms with Gasteiger partial charge in [0.25, 0.3) is 0 Å². The van der Waals surface area contributed by atoms with E-state index in [2.05, 4.69) is 13.6 Å². The first-order valence-corrected chi connectivity index (χ1v) is 6.74. The lowest BCUT2D eigenvalue weighted by Gasteiger charge is -2.14. The Morgan fingerprint density at radius 3 is 2.33 bits per heavy atom. The topological polar surface area (TPSA) is 0 Å². The van der Waals surface area contributed by atoms with Crippen LogP contribution >= 0.6 is 16.5 Å². The molecule has 0 rings (SSSR count). The molecule has 0 aromatic rings. The van der Waals surface area contributed by atoms with E-state index in [1.54, 1.807) is 6.92 Å². The lowest BCUT2D eigenvalue weighted by atomic mass is 10.9. The number of halogens is 1. The van der Waals surface area contributed by atoms with Gasteiger partial charge in [-0.05, 0) is 25.7 Å². The number of rotatable bonds is 4. The van der Waals surface area contributed by atoms with Crippen LogP contribution in [0.4, 0.5) is 4.39 Å². The highest BCUT2D eigenvalue weighted by molar-refractivity contribution is 7.67. The molecule has 0 aromatic carbocycles. The molecule has 56 valence electrons. The van der Waals surface area contributed by atoms with Gasteiger partial charge in [-0.1, -0.05) is 14.8 Å². The summed E-state index contributed by atoms with van der Waals surface area (Å²) in [5.41, 5.74) is 0. The third-order valence-corrected chi connectivity index (χ3v) is 5.98. The Bertz CT molecular complexity index is 66.1.